The molecular weight excluding hydrogens is 232 g/mol. The molecule has 1 fully saturated rings. The van der Waals surface area contributed by atoms with Gasteiger partial charge < -0.3 is 15.0 Å². The van der Waals surface area contributed by atoms with E-state index in [0.717, 1.165) is 6.42 Å². The summed E-state index contributed by atoms with van der Waals surface area (Å²) in [6.45, 7) is 8.04. The molecular formula is C13H24N2O3. The Bertz CT molecular complexity index is 292. The lowest BCUT2D eigenvalue weighted by Gasteiger charge is -2.34. The van der Waals surface area contributed by atoms with Gasteiger partial charge in [0.2, 0.25) is 11.8 Å². The van der Waals surface area contributed by atoms with Crippen molar-refractivity contribution in [1.29, 1.82) is 0 Å². The molecule has 0 radical (unpaired) electrons. The molecule has 1 unspecified atom stereocenters. The summed E-state index contributed by atoms with van der Waals surface area (Å²) >= 11 is 0. The minimum Gasteiger partial charge on any atom is -0.380 e. The highest BCUT2D eigenvalue weighted by Gasteiger charge is 2.32. The first-order valence-corrected chi connectivity index (χ1v) is 6.71. The van der Waals surface area contributed by atoms with Crippen molar-refractivity contribution in [2.24, 2.45) is 5.92 Å². The number of nitrogens with zero attached hydrogens (tertiary/aromatic N) is 1. The van der Waals surface area contributed by atoms with Gasteiger partial charge in [0.1, 0.15) is 6.04 Å². The van der Waals surface area contributed by atoms with Crippen LogP contribution in [0, 0.1) is 5.92 Å². The topological polar surface area (TPSA) is 58.6 Å². The van der Waals surface area contributed by atoms with E-state index in [2.05, 4.69) is 19.2 Å². The van der Waals surface area contributed by atoms with E-state index < -0.39 is 0 Å². The minimum absolute atomic E-state index is 0.0195. The van der Waals surface area contributed by atoms with Gasteiger partial charge in [-0.15, -0.1) is 0 Å². The van der Waals surface area contributed by atoms with Crippen molar-refractivity contribution in [3.63, 3.8) is 0 Å². The van der Waals surface area contributed by atoms with Crippen molar-refractivity contribution in [1.82, 2.24) is 10.2 Å². The lowest BCUT2D eigenvalue weighted by Crippen LogP contribution is -2.58. The summed E-state index contributed by atoms with van der Waals surface area (Å²) in [7, 11) is 0. The van der Waals surface area contributed by atoms with Crippen molar-refractivity contribution in [3.8, 4) is 0 Å². The summed E-state index contributed by atoms with van der Waals surface area (Å²) in [4.78, 5) is 25.0. The molecule has 0 saturated carbocycles. The van der Waals surface area contributed by atoms with Gasteiger partial charge in [0.15, 0.2) is 0 Å². The van der Waals surface area contributed by atoms with Crippen molar-refractivity contribution in [2.75, 3.05) is 26.3 Å². The van der Waals surface area contributed by atoms with Crippen molar-refractivity contribution in [3.05, 3.63) is 0 Å². The third kappa shape index (κ3) is 4.29. The van der Waals surface area contributed by atoms with Crippen LogP contribution in [0.5, 0.6) is 0 Å². The van der Waals surface area contributed by atoms with Crippen LogP contribution < -0.4 is 5.32 Å². The fraction of sp³-hybridized carbons (Fsp3) is 0.846. The van der Waals surface area contributed by atoms with Crippen LogP contribution in [0.25, 0.3) is 0 Å². The molecule has 1 N–H and O–H groups in total. The number of hydrogen-bond acceptors (Lipinski definition) is 3. The van der Waals surface area contributed by atoms with E-state index in [1.165, 1.54) is 0 Å². The van der Waals surface area contributed by atoms with E-state index in [4.69, 9.17) is 4.74 Å². The van der Waals surface area contributed by atoms with E-state index in [-0.39, 0.29) is 24.4 Å². The Kier molecular flexibility index (Phi) is 6.12. The van der Waals surface area contributed by atoms with Crippen LogP contribution in [0.1, 0.15) is 33.6 Å². The quantitative estimate of drug-likeness (QED) is 0.685. The standard InChI is InChI=1S/C13H24N2O3/c1-4-11-13(17)14-9-12(16)15(11)6-8-18-7-5-10(2)3/h10-11H,4-9H2,1-3H3,(H,14,17). The van der Waals surface area contributed by atoms with E-state index in [0.29, 0.717) is 32.1 Å². The smallest absolute Gasteiger partial charge is 0.243 e. The first-order valence-electron chi connectivity index (χ1n) is 6.71. The molecule has 0 spiro atoms. The van der Waals surface area contributed by atoms with Crippen LogP contribution in [0.3, 0.4) is 0 Å². The number of carbonyl (C=O) groups excluding carboxylic acids is 2. The zero-order chi connectivity index (χ0) is 13.5. The predicted molar refractivity (Wildman–Crippen MR) is 69.1 cm³/mol. The normalized spacial score (nSPS) is 20.4. The van der Waals surface area contributed by atoms with Crippen LogP contribution in [-0.4, -0.2) is 49.1 Å². The van der Waals surface area contributed by atoms with Gasteiger partial charge in [-0.1, -0.05) is 20.8 Å². The summed E-state index contributed by atoms with van der Waals surface area (Å²) in [6.07, 6.45) is 1.66. The molecule has 2 amide bonds. The van der Waals surface area contributed by atoms with Crippen molar-refractivity contribution >= 4 is 11.8 Å². The molecule has 5 nitrogen and oxygen atoms in total. The molecule has 1 aliphatic rings. The minimum atomic E-state index is -0.333. The molecule has 0 bridgehead atoms. The first kappa shape index (κ1) is 15.0. The summed E-state index contributed by atoms with van der Waals surface area (Å²) in [5.74, 6) is 0.545. The summed E-state index contributed by atoms with van der Waals surface area (Å²) in [6, 6.07) is -0.333. The van der Waals surface area contributed by atoms with Gasteiger partial charge in [-0.3, -0.25) is 9.59 Å². The van der Waals surface area contributed by atoms with Gasteiger partial charge in [-0.25, -0.2) is 0 Å². The number of piperazine rings is 1. The Morgan fingerprint density at radius 1 is 1.39 bits per heavy atom. The number of ether oxygens (including phenoxy) is 1. The highest BCUT2D eigenvalue weighted by molar-refractivity contribution is 5.94. The van der Waals surface area contributed by atoms with Gasteiger partial charge in [0.25, 0.3) is 0 Å². The number of rotatable bonds is 7. The van der Waals surface area contributed by atoms with Crippen LogP contribution in [0.4, 0.5) is 0 Å². The van der Waals surface area contributed by atoms with Gasteiger partial charge in [0.05, 0.1) is 13.2 Å². The molecule has 0 aromatic heterocycles. The SMILES string of the molecule is CCC1C(=O)NCC(=O)N1CCOCCC(C)C. The van der Waals surface area contributed by atoms with Gasteiger partial charge in [-0.2, -0.15) is 0 Å². The molecule has 0 aliphatic carbocycles. The molecule has 1 atom stereocenters. The molecule has 1 saturated heterocycles. The molecule has 104 valence electrons. The zero-order valence-electron chi connectivity index (χ0n) is 11.6. The van der Waals surface area contributed by atoms with E-state index in [1.807, 2.05) is 6.92 Å². The maximum absolute atomic E-state index is 11.7. The van der Waals surface area contributed by atoms with Crippen LogP contribution >= 0.6 is 0 Å². The second-order valence-electron chi connectivity index (χ2n) is 5.02. The van der Waals surface area contributed by atoms with Crippen LogP contribution in [-0.2, 0) is 14.3 Å². The Balaban J connectivity index is 2.33. The van der Waals surface area contributed by atoms with E-state index in [9.17, 15) is 9.59 Å². The maximum atomic E-state index is 11.7. The number of carbonyl (C=O) groups is 2. The Hall–Kier alpha value is -1.10. The molecule has 0 aromatic rings. The van der Waals surface area contributed by atoms with Gasteiger partial charge >= 0.3 is 0 Å². The average Bonchev–Trinajstić information content (AvgIpc) is 2.32. The maximum Gasteiger partial charge on any atom is 0.243 e. The third-order valence-electron chi connectivity index (χ3n) is 3.12. The second kappa shape index (κ2) is 7.36. The fourth-order valence-corrected chi connectivity index (χ4v) is 1.97. The van der Waals surface area contributed by atoms with E-state index >= 15 is 0 Å². The van der Waals surface area contributed by atoms with Crippen LogP contribution in [0.15, 0.2) is 0 Å². The summed E-state index contributed by atoms with van der Waals surface area (Å²) in [5, 5.41) is 2.61. The molecule has 5 heteroatoms. The Morgan fingerprint density at radius 3 is 2.72 bits per heavy atom. The number of nitrogens with one attached hydrogen (secondary N) is 1. The Labute approximate surface area is 109 Å². The highest BCUT2D eigenvalue weighted by atomic mass is 16.5. The third-order valence-corrected chi connectivity index (χ3v) is 3.12. The molecule has 18 heavy (non-hydrogen) atoms. The van der Waals surface area contributed by atoms with Gasteiger partial charge in [0, 0.05) is 13.2 Å². The second-order valence-corrected chi connectivity index (χ2v) is 5.02. The molecule has 1 heterocycles. The molecule has 1 rings (SSSR count). The monoisotopic (exact) mass is 256 g/mol. The lowest BCUT2D eigenvalue weighted by atomic mass is 10.1. The largest absolute Gasteiger partial charge is 0.380 e. The zero-order valence-corrected chi connectivity index (χ0v) is 11.6. The summed E-state index contributed by atoms with van der Waals surface area (Å²) in [5.41, 5.74) is 0. The van der Waals surface area contributed by atoms with Crippen molar-refractivity contribution in [2.45, 2.75) is 39.7 Å². The average molecular weight is 256 g/mol. The first-order chi connectivity index (χ1) is 8.56. The van der Waals surface area contributed by atoms with Crippen LogP contribution in [0.2, 0.25) is 0 Å². The molecule has 1 aliphatic heterocycles. The van der Waals surface area contributed by atoms with Crippen molar-refractivity contribution < 1.29 is 14.3 Å². The lowest BCUT2D eigenvalue weighted by molar-refractivity contribution is -0.146. The van der Waals surface area contributed by atoms with Gasteiger partial charge in [-0.05, 0) is 18.8 Å². The number of hydrogen-bond donors (Lipinski definition) is 1. The van der Waals surface area contributed by atoms with E-state index in [1.54, 1.807) is 4.90 Å². The Morgan fingerprint density at radius 2 is 2.11 bits per heavy atom. The summed E-state index contributed by atoms with van der Waals surface area (Å²) < 4.78 is 5.50. The predicted octanol–water partition coefficient (Wildman–Crippen LogP) is 0.786. The fourth-order valence-electron chi connectivity index (χ4n) is 1.97. The molecule has 0 aromatic carbocycles. The number of amides is 2. The highest BCUT2D eigenvalue weighted by Crippen LogP contribution is 2.09.